The second kappa shape index (κ2) is 10.3. The molecule has 0 aliphatic carbocycles. The van der Waals surface area contributed by atoms with Gasteiger partial charge in [-0.2, -0.15) is 0 Å². The van der Waals surface area contributed by atoms with Gasteiger partial charge in [-0.1, -0.05) is 36.4 Å². The Labute approximate surface area is 189 Å². The topological polar surface area (TPSA) is 52.7 Å². The fourth-order valence-corrected chi connectivity index (χ4v) is 4.96. The Kier molecular flexibility index (Phi) is 7.30. The van der Waals surface area contributed by atoms with Crippen LogP contribution in [0, 0.1) is 0 Å². The molecule has 164 valence electrons. The summed E-state index contributed by atoms with van der Waals surface area (Å²) in [6.07, 6.45) is 6.24. The lowest BCUT2D eigenvalue weighted by Gasteiger charge is -2.39. The zero-order chi connectivity index (χ0) is 21.6. The first-order chi connectivity index (χ1) is 15.2. The Morgan fingerprint density at radius 2 is 1.74 bits per heavy atom. The number of likely N-dealkylation sites (tertiary alicyclic amines) is 1. The molecular weight excluding hydrogens is 406 g/mol. The van der Waals surface area contributed by atoms with Gasteiger partial charge in [0.25, 0.3) is 0 Å². The molecular formula is C25H31N3O2S. The van der Waals surface area contributed by atoms with Gasteiger partial charge in [-0.3, -0.25) is 14.5 Å². The molecule has 1 N–H and O–H groups in total. The Balaban J connectivity index is 1.44. The molecule has 0 bridgehead atoms. The van der Waals surface area contributed by atoms with Crippen LogP contribution in [-0.2, 0) is 22.6 Å². The van der Waals surface area contributed by atoms with Crippen molar-refractivity contribution < 1.29 is 9.59 Å². The van der Waals surface area contributed by atoms with Crippen molar-refractivity contribution in [3.05, 3.63) is 65.2 Å². The van der Waals surface area contributed by atoms with Crippen molar-refractivity contribution in [3.63, 3.8) is 0 Å². The Morgan fingerprint density at radius 1 is 1.00 bits per heavy atom. The zero-order valence-corrected chi connectivity index (χ0v) is 19.0. The second-order valence-electron chi connectivity index (χ2n) is 8.33. The largest absolute Gasteiger partial charge is 0.351 e. The van der Waals surface area contributed by atoms with E-state index in [0.717, 1.165) is 50.0 Å². The van der Waals surface area contributed by atoms with Crippen molar-refractivity contribution in [2.45, 2.75) is 43.2 Å². The van der Waals surface area contributed by atoms with Gasteiger partial charge in [-0.25, -0.2) is 0 Å². The number of hydrogen-bond acceptors (Lipinski definition) is 4. The predicted octanol–water partition coefficient (Wildman–Crippen LogP) is 3.64. The molecule has 0 saturated carbocycles. The van der Waals surface area contributed by atoms with Crippen LogP contribution in [0.25, 0.3) is 0 Å². The Hall–Kier alpha value is -2.31. The van der Waals surface area contributed by atoms with E-state index in [1.165, 1.54) is 16.9 Å². The lowest BCUT2D eigenvalue weighted by atomic mass is 9.91. The highest BCUT2D eigenvalue weighted by molar-refractivity contribution is 7.98. The standard InChI is InChI=1S/C25H31N3O2S/c1-31-21-11-9-19(10-12-21)17-26-23(29)18-28-16-13-20-7-3-4-8-22(20)24(28)25(30)27-14-5-2-6-15-27/h3-4,7-12,24H,2,5-6,13-18H2,1H3,(H,26,29)/t24-/m0/s1. The minimum atomic E-state index is -0.366. The summed E-state index contributed by atoms with van der Waals surface area (Å²) >= 11 is 1.70. The van der Waals surface area contributed by atoms with Crippen LogP contribution in [-0.4, -0.2) is 54.0 Å². The lowest BCUT2D eigenvalue weighted by molar-refractivity contribution is -0.139. The van der Waals surface area contributed by atoms with Crippen LogP contribution in [0.4, 0.5) is 0 Å². The quantitative estimate of drug-likeness (QED) is 0.701. The van der Waals surface area contributed by atoms with E-state index < -0.39 is 0 Å². The maximum Gasteiger partial charge on any atom is 0.244 e. The maximum absolute atomic E-state index is 13.5. The van der Waals surface area contributed by atoms with Crippen LogP contribution in [0.3, 0.4) is 0 Å². The van der Waals surface area contributed by atoms with E-state index in [2.05, 4.69) is 40.7 Å². The number of hydrogen-bond donors (Lipinski definition) is 1. The van der Waals surface area contributed by atoms with Crippen molar-refractivity contribution in [2.24, 2.45) is 0 Å². The molecule has 0 radical (unpaired) electrons. The summed E-state index contributed by atoms with van der Waals surface area (Å²) in [5, 5.41) is 3.03. The van der Waals surface area contributed by atoms with E-state index in [0.29, 0.717) is 6.54 Å². The summed E-state index contributed by atoms with van der Waals surface area (Å²) in [4.78, 5) is 31.5. The van der Waals surface area contributed by atoms with Gasteiger partial charge in [0.15, 0.2) is 0 Å². The van der Waals surface area contributed by atoms with Crippen molar-refractivity contribution in [1.82, 2.24) is 15.1 Å². The number of fused-ring (bicyclic) bond motifs is 1. The second-order valence-corrected chi connectivity index (χ2v) is 9.21. The number of rotatable bonds is 6. The summed E-state index contributed by atoms with van der Waals surface area (Å²) in [6, 6.07) is 16.1. The number of nitrogens with zero attached hydrogens (tertiary/aromatic N) is 2. The van der Waals surface area contributed by atoms with Gasteiger partial charge in [-0.15, -0.1) is 11.8 Å². The first-order valence-corrected chi connectivity index (χ1v) is 12.4. The zero-order valence-electron chi connectivity index (χ0n) is 18.2. The summed E-state index contributed by atoms with van der Waals surface area (Å²) < 4.78 is 0. The summed E-state index contributed by atoms with van der Waals surface area (Å²) in [6.45, 7) is 3.11. The minimum Gasteiger partial charge on any atom is -0.351 e. The monoisotopic (exact) mass is 437 g/mol. The number of piperidine rings is 1. The predicted molar refractivity (Wildman–Crippen MR) is 125 cm³/mol. The molecule has 0 unspecified atom stereocenters. The molecule has 5 nitrogen and oxygen atoms in total. The third kappa shape index (κ3) is 5.31. The van der Waals surface area contributed by atoms with Crippen LogP contribution >= 0.6 is 11.8 Å². The number of thioether (sulfide) groups is 1. The van der Waals surface area contributed by atoms with Crippen LogP contribution < -0.4 is 5.32 Å². The van der Waals surface area contributed by atoms with Crippen molar-refractivity contribution in [3.8, 4) is 0 Å². The number of amides is 2. The normalized spacial score (nSPS) is 19.0. The number of benzene rings is 2. The van der Waals surface area contributed by atoms with Crippen molar-refractivity contribution in [2.75, 3.05) is 32.4 Å². The van der Waals surface area contributed by atoms with Gasteiger partial charge in [0.05, 0.1) is 6.54 Å². The highest BCUT2D eigenvalue weighted by Crippen LogP contribution is 2.32. The molecule has 2 aliphatic heterocycles. The smallest absolute Gasteiger partial charge is 0.244 e. The molecule has 1 saturated heterocycles. The van der Waals surface area contributed by atoms with E-state index in [-0.39, 0.29) is 24.4 Å². The molecule has 2 aliphatic rings. The van der Waals surface area contributed by atoms with Crippen molar-refractivity contribution >= 4 is 23.6 Å². The molecule has 2 aromatic rings. The highest BCUT2D eigenvalue weighted by Gasteiger charge is 2.36. The Bertz CT molecular complexity index is 909. The molecule has 4 rings (SSSR count). The first kappa shape index (κ1) is 21.9. The average Bonchev–Trinajstić information content (AvgIpc) is 2.83. The molecule has 1 atom stereocenters. The molecule has 0 aromatic heterocycles. The van der Waals surface area contributed by atoms with Gasteiger partial charge in [0.2, 0.25) is 11.8 Å². The molecule has 6 heteroatoms. The fourth-order valence-electron chi connectivity index (χ4n) is 4.55. The summed E-state index contributed by atoms with van der Waals surface area (Å²) in [5.41, 5.74) is 3.37. The van der Waals surface area contributed by atoms with Gasteiger partial charge in [0, 0.05) is 31.1 Å². The van der Waals surface area contributed by atoms with Crippen LogP contribution in [0.15, 0.2) is 53.4 Å². The number of carbonyl (C=O) groups is 2. The van der Waals surface area contributed by atoms with Gasteiger partial charge in [-0.05, 0) is 60.8 Å². The van der Waals surface area contributed by atoms with Crippen LogP contribution in [0.2, 0.25) is 0 Å². The number of carbonyl (C=O) groups excluding carboxylic acids is 2. The Morgan fingerprint density at radius 3 is 2.48 bits per heavy atom. The minimum absolute atomic E-state index is 0.0373. The first-order valence-electron chi connectivity index (χ1n) is 11.2. The maximum atomic E-state index is 13.5. The van der Waals surface area contributed by atoms with Crippen LogP contribution in [0.5, 0.6) is 0 Å². The highest BCUT2D eigenvalue weighted by atomic mass is 32.2. The van der Waals surface area contributed by atoms with E-state index in [1.807, 2.05) is 29.2 Å². The molecule has 2 amide bonds. The SMILES string of the molecule is CSc1ccc(CNC(=O)CN2CCc3ccccc3[C@H]2C(=O)N2CCCCC2)cc1. The molecule has 31 heavy (non-hydrogen) atoms. The summed E-state index contributed by atoms with van der Waals surface area (Å²) in [5.74, 6) is 0.108. The van der Waals surface area contributed by atoms with Crippen LogP contribution in [0.1, 0.15) is 42.0 Å². The molecule has 1 fully saturated rings. The van der Waals surface area contributed by atoms with E-state index >= 15 is 0 Å². The van der Waals surface area contributed by atoms with Gasteiger partial charge < -0.3 is 10.2 Å². The molecule has 2 heterocycles. The van der Waals surface area contributed by atoms with Crippen molar-refractivity contribution in [1.29, 1.82) is 0 Å². The third-order valence-corrected chi connectivity index (χ3v) is 7.02. The average molecular weight is 438 g/mol. The van der Waals surface area contributed by atoms with E-state index in [9.17, 15) is 9.59 Å². The van der Waals surface area contributed by atoms with Gasteiger partial charge in [0.1, 0.15) is 6.04 Å². The van der Waals surface area contributed by atoms with Gasteiger partial charge >= 0.3 is 0 Å². The summed E-state index contributed by atoms with van der Waals surface area (Å²) in [7, 11) is 0. The molecule has 2 aromatic carbocycles. The van der Waals surface area contributed by atoms with E-state index in [4.69, 9.17) is 0 Å². The third-order valence-electron chi connectivity index (χ3n) is 6.28. The molecule has 0 spiro atoms. The fraction of sp³-hybridized carbons (Fsp3) is 0.440. The number of nitrogens with one attached hydrogen (secondary N) is 1. The van der Waals surface area contributed by atoms with E-state index in [1.54, 1.807) is 11.8 Å². The lowest BCUT2D eigenvalue weighted by Crippen LogP contribution is -2.50.